The third-order valence-electron chi connectivity index (χ3n) is 2.26. The minimum Gasteiger partial charge on any atom is -0.320 e. The van der Waals surface area contributed by atoms with E-state index in [-0.39, 0.29) is 5.56 Å². The Hall–Kier alpha value is -0.300. The van der Waals surface area contributed by atoms with E-state index in [0.717, 1.165) is 31.3 Å². The fourth-order valence-electron chi connectivity index (χ4n) is 1.42. The highest BCUT2D eigenvalue weighted by Gasteiger charge is 2.17. The summed E-state index contributed by atoms with van der Waals surface area (Å²) in [5, 5.41) is 0. The summed E-state index contributed by atoms with van der Waals surface area (Å²) >= 11 is 8.06. The van der Waals surface area contributed by atoms with Crippen LogP contribution in [0.3, 0.4) is 0 Å². The Balaban J connectivity index is 2.42. The molecule has 1 aromatic heterocycles. The molecule has 1 heterocycles. The molecule has 6 heteroatoms. The van der Waals surface area contributed by atoms with Gasteiger partial charge in [-0.25, -0.2) is 8.78 Å². The molecule has 2 aromatic rings. The van der Waals surface area contributed by atoms with Gasteiger partial charge in [0.05, 0.1) is 9.83 Å². The Labute approximate surface area is 118 Å². The number of rotatable bonds is 2. The van der Waals surface area contributed by atoms with Gasteiger partial charge in [-0.3, -0.25) is 0 Å². The van der Waals surface area contributed by atoms with Gasteiger partial charge in [-0.05, 0) is 56.1 Å². The number of hydrogen-bond donors (Lipinski definition) is 1. The number of nitrogens with two attached hydrogens (primary N) is 1. The molecule has 2 rings (SSSR count). The van der Waals surface area contributed by atoms with Gasteiger partial charge in [0.25, 0.3) is 0 Å². The SMILES string of the molecule is NC(c1cc(Br)c(Br)s1)c1cc(F)ccc1F. The minimum absolute atomic E-state index is 0.159. The van der Waals surface area contributed by atoms with Crippen LogP contribution in [0.25, 0.3) is 0 Å². The van der Waals surface area contributed by atoms with Crippen LogP contribution in [0, 0.1) is 11.6 Å². The molecule has 0 saturated carbocycles. The van der Waals surface area contributed by atoms with Crippen LogP contribution >= 0.6 is 43.2 Å². The van der Waals surface area contributed by atoms with Crippen molar-refractivity contribution in [1.29, 1.82) is 0 Å². The van der Waals surface area contributed by atoms with Crippen LogP contribution < -0.4 is 5.73 Å². The molecular formula is C11H7Br2F2NS. The zero-order valence-corrected chi connectivity index (χ0v) is 12.4. The average molecular weight is 383 g/mol. The summed E-state index contributed by atoms with van der Waals surface area (Å²) in [7, 11) is 0. The van der Waals surface area contributed by atoms with Crippen LogP contribution in [-0.4, -0.2) is 0 Å². The van der Waals surface area contributed by atoms with Crippen molar-refractivity contribution in [3.8, 4) is 0 Å². The van der Waals surface area contributed by atoms with Gasteiger partial charge < -0.3 is 5.73 Å². The van der Waals surface area contributed by atoms with Gasteiger partial charge in [0.2, 0.25) is 0 Å². The van der Waals surface area contributed by atoms with E-state index in [2.05, 4.69) is 31.9 Å². The van der Waals surface area contributed by atoms with Crippen molar-refractivity contribution in [2.24, 2.45) is 5.73 Å². The molecule has 0 radical (unpaired) electrons. The van der Waals surface area contributed by atoms with Crippen molar-refractivity contribution in [3.63, 3.8) is 0 Å². The Morgan fingerprint density at radius 2 is 1.88 bits per heavy atom. The van der Waals surface area contributed by atoms with Crippen molar-refractivity contribution in [3.05, 3.63) is 54.6 Å². The Morgan fingerprint density at radius 3 is 2.47 bits per heavy atom. The molecule has 2 N–H and O–H groups in total. The summed E-state index contributed by atoms with van der Waals surface area (Å²) in [5.41, 5.74) is 6.09. The van der Waals surface area contributed by atoms with Gasteiger partial charge in [0.1, 0.15) is 11.6 Å². The number of hydrogen-bond acceptors (Lipinski definition) is 2. The third kappa shape index (κ3) is 2.76. The summed E-state index contributed by atoms with van der Waals surface area (Å²) < 4.78 is 28.3. The van der Waals surface area contributed by atoms with Crippen LogP contribution in [0.4, 0.5) is 8.78 Å². The van der Waals surface area contributed by atoms with E-state index in [1.54, 1.807) is 6.07 Å². The van der Waals surface area contributed by atoms with E-state index in [1.807, 2.05) is 0 Å². The monoisotopic (exact) mass is 381 g/mol. The maximum absolute atomic E-state index is 13.5. The molecular weight excluding hydrogens is 376 g/mol. The third-order valence-corrected chi connectivity index (χ3v) is 5.60. The van der Waals surface area contributed by atoms with Crippen LogP contribution in [0.15, 0.2) is 32.5 Å². The molecule has 0 spiro atoms. The molecule has 1 unspecified atom stereocenters. The summed E-state index contributed by atoms with van der Waals surface area (Å²) in [5.74, 6) is -0.994. The number of thiophene rings is 1. The predicted molar refractivity (Wildman–Crippen MR) is 72.1 cm³/mol. The van der Waals surface area contributed by atoms with Crippen LogP contribution in [0.2, 0.25) is 0 Å². The molecule has 17 heavy (non-hydrogen) atoms. The van der Waals surface area contributed by atoms with E-state index >= 15 is 0 Å². The molecule has 0 saturated heterocycles. The highest BCUT2D eigenvalue weighted by Crippen LogP contribution is 2.37. The van der Waals surface area contributed by atoms with Gasteiger partial charge in [0.15, 0.2) is 0 Å². The van der Waals surface area contributed by atoms with Gasteiger partial charge in [-0.2, -0.15) is 0 Å². The first-order valence-electron chi connectivity index (χ1n) is 4.64. The van der Waals surface area contributed by atoms with E-state index in [4.69, 9.17) is 5.73 Å². The minimum atomic E-state index is -0.668. The molecule has 0 aliphatic rings. The smallest absolute Gasteiger partial charge is 0.128 e. The zero-order chi connectivity index (χ0) is 12.6. The first kappa shape index (κ1) is 13.1. The predicted octanol–water partition coefficient (Wildman–Crippen LogP) is 4.60. The Bertz CT molecular complexity index is 537. The second-order valence-corrected chi connectivity index (χ2v) is 6.67. The topological polar surface area (TPSA) is 26.0 Å². The first-order chi connectivity index (χ1) is 7.99. The lowest BCUT2D eigenvalue weighted by molar-refractivity contribution is 0.578. The zero-order valence-electron chi connectivity index (χ0n) is 8.38. The summed E-state index contributed by atoms with van der Waals surface area (Å²) in [6, 6.07) is 4.41. The first-order valence-corrected chi connectivity index (χ1v) is 7.04. The van der Waals surface area contributed by atoms with Gasteiger partial charge >= 0.3 is 0 Å². The lowest BCUT2D eigenvalue weighted by atomic mass is 10.1. The number of benzene rings is 1. The molecule has 0 bridgehead atoms. The molecule has 1 atom stereocenters. The normalized spacial score (nSPS) is 12.8. The van der Waals surface area contributed by atoms with Crippen molar-refractivity contribution < 1.29 is 8.78 Å². The Kier molecular flexibility index (Phi) is 3.97. The molecule has 0 amide bonds. The summed E-state index contributed by atoms with van der Waals surface area (Å²) in [6.45, 7) is 0. The van der Waals surface area contributed by atoms with Crippen molar-refractivity contribution >= 4 is 43.2 Å². The van der Waals surface area contributed by atoms with E-state index < -0.39 is 17.7 Å². The standard InChI is InChI=1S/C11H7Br2F2NS/c12-7-4-9(17-11(7)13)10(16)6-3-5(14)1-2-8(6)15/h1-4,10H,16H2. The van der Waals surface area contributed by atoms with E-state index in [1.165, 1.54) is 11.3 Å². The Morgan fingerprint density at radius 1 is 1.18 bits per heavy atom. The quantitative estimate of drug-likeness (QED) is 0.806. The van der Waals surface area contributed by atoms with E-state index in [0.29, 0.717) is 0 Å². The average Bonchev–Trinajstić information content (AvgIpc) is 2.62. The second-order valence-electron chi connectivity index (χ2n) is 3.41. The highest BCUT2D eigenvalue weighted by atomic mass is 79.9. The summed E-state index contributed by atoms with van der Waals surface area (Å²) in [6.07, 6.45) is 0. The molecule has 1 nitrogen and oxygen atoms in total. The van der Waals surface area contributed by atoms with Crippen LogP contribution in [0.1, 0.15) is 16.5 Å². The molecule has 1 aromatic carbocycles. The largest absolute Gasteiger partial charge is 0.320 e. The van der Waals surface area contributed by atoms with Gasteiger partial charge in [-0.1, -0.05) is 0 Å². The van der Waals surface area contributed by atoms with Crippen molar-refractivity contribution in [2.75, 3.05) is 0 Å². The highest BCUT2D eigenvalue weighted by molar-refractivity contribution is 9.13. The second kappa shape index (κ2) is 5.14. The molecule has 90 valence electrons. The van der Waals surface area contributed by atoms with Crippen LogP contribution in [0.5, 0.6) is 0 Å². The molecule has 0 fully saturated rings. The molecule has 0 aliphatic heterocycles. The van der Waals surface area contributed by atoms with Gasteiger partial charge in [0, 0.05) is 14.9 Å². The maximum Gasteiger partial charge on any atom is 0.128 e. The number of halogens is 4. The fourth-order valence-corrected chi connectivity index (χ4v) is 3.53. The maximum atomic E-state index is 13.5. The molecule has 0 aliphatic carbocycles. The van der Waals surface area contributed by atoms with Crippen molar-refractivity contribution in [1.82, 2.24) is 0 Å². The van der Waals surface area contributed by atoms with E-state index in [9.17, 15) is 8.78 Å². The summed E-state index contributed by atoms with van der Waals surface area (Å²) in [4.78, 5) is 0.758. The lowest BCUT2D eigenvalue weighted by Crippen LogP contribution is -2.12. The fraction of sp³-hybridized carbons (Fsp3) is 0.0909. The van der Waals surface area contributed by atoms with Gasteiger partial charge in [-0.15, -0.1) is 11.3 Å². The van der Waals surface area contributed by atoms with Crippen molar-refractivity contribution in [2.45, 2.75) is 6.04 Å². The van der Waals surface area contributed by atoms with Crippen LogP contribution in [-0.2, 0) is 0 Å². The lowest BCUT2D eigenvalue weighted by Gasteiger charge is -2.10.